The van der Waals surface area contributed by atoms with Gasteiger partial charge in [0.25, 0.3) is 0 Å². The topological polar surface area (TPSA) is 29.5 Å². The number of rotatable bonds is 5. The number of allylic oxidation sites excluding steroid dienone is 5. The van der Waals surface area contributed by atoms with E-state index in [2.05, 4.69) is 53.7 Å². The van der Waals surface area contributed by atoms with Gasteiger partial charge in [-0.25, -0.2) is 0 Å². The van der Waals surface area contributed by atoms with Crippen molar-refractivity contribution in [3.05, 3.63) is 34.4 Å². The van der Waals surface area contributed by atoms with Gasteiger partial charge in [-0.3, -0.25) is 0 Å². The van der Waals surface area contributed by atoms with E-state index in [1.165, 1.54) is 37.7 Å². The maximum Gasteiger partial charge on any atom is 0.0653 e. The molecule has 2 heteroatoms. The second-order valence-electron chi connectivity index (χ2n) is 11.6. The molecular formula is C28H44O2. The van der Waals surface area contributed by atoms with Gasteiger partial charge >= 0.3 is 0 Å². The van der Waals surface area contributed by atoms with Crippen molar-refractivity contribution in [2.45, 2.75) is 105 Å². The molecule has 4 aliphatic carbocycles. The normalized spacial score (nSPS) is 40.1. The average molecular weight is 413 g/mol. The number of hydrogen-bond donors (Lipinski definition) is 1. The fraction of sp³-hybridized carbons (Fsp3) is 0.786. The molecule has 2 nitrogen and oxygen atoms in total. The lowest BCUT2D eigenvalue weighted by atomic mass is 9.52. The van der Waals surface area contributed by atoms with Crippen molar-refractivity contribution in [1.82, 2.24) is 0 Å². The maximum atomic E-state index is 10.2. The van der Waals surface area contributed by atoms with Crippen LogP contribution in [0.1, 0.15) is 92.9 Å². The van der Waals surface area contributed by atoms with E-state index >= 15 is 0 Å². The lowest BCUT2D eigenvalue weighted by Gasteiger charge is -2.53. The Morgan fingerprint density at radius 1 is 1.17 bits per heavy atom. The van der Waals surface area contributed by atoms with Gasteiger partial charge in [0.15, 0.2) is 0 Å². The van der Waals surface area contributed by atoms with Gasteiger partial charge in [-0.1, -0.05) is 51.0 Å². The van der Waals surface area contributed by atoms with Crippen LogP contribution < -0.4 is 0 Å². The second-order valence-corrected chi connectivity index (χ2v) is 11.6. The highest BCUT2D eigenvalue weighted by molar-refractivity contribution is 5.49. The molecule has 0 saturated heterocycles. The standard InChI is InChI=1S/C28H44O2/c1-18(2)19(3)13-16-30-20(4)24-9-10-25-23-8-7-21-17-22(29)11-14-27(21,5)26(23)12-15-28(24,25)6/h10,13,18,20-22,24,29H,7-9,11-12,14-17H2,1-6H3/t20-,21?,22?,24+,27-,28+/m0/s1. The first kappa shape index (κ1) is 22.3. The highest BCUT2D eigenvalue weighted by atomic mass is 16.5. The van der Waals surface area contributed by atoms with Gasteiger partial charge < -0.3 is 9.84 Å². The summed E-state index contributed by atoms with van der Waals surface area (Å²) in [5.74, 6) is 1.87. The second kappa shape index (κ2) is 8.24. The van der Waals surface area contributed by atoms with Crippen molar-refractivity contribution in [1.29, 1.82) is 0 Å². The van der Waals surface area contributed by atoms with Gasteiger partial charge in [0.1, 0.15) is 0 Å². The third-order valence-corrected chi connectivity index (χ3v) is 9.72. The van der Waals surface area contributed by atoms with E-state index in [1.807, 2.05) is 0 Å². The molecule has 1 fully saturated rings. The summed E-state index contributed by atoms with van der Waals surface area (Å²) in [4.78, 5) is 0. The van der Waals surface area contributed by atoms with Crippen LogP contribution in [0.2, 0.25) is 0 Å². The van der Waals surface area contributed by atoms with Gasteiger partial charge in [0.2, 0.25) is 0 Å². The quantitative estimate of drug-likeness (QED) is 0.493. The highest BCUT2D eigenvalue weighted by Gasteiger charge is 2.53. The van der Waals surface area contributed by atoms with Gasteiger partial charge in [0.05, 0.1) is 18.8 Å². The van der Waals surface area contributed by atoms with Crippen molar-refractivity contribution in [3.8, 4) is 0 Å². The minimum atomic E-state index is -0.0689. The molecule has 0 spiro atoms. The van der Waals surface area contributed by atoms with Crippen molar-refractivity contribution >= 4 is 0 Å². The third-order valence-electron chi connectivity index (χ3n) is 9.72. The SMILES string of the molecule is CC(=CCO[C@@H](C)[C@H]1CC=C2C3=C(CC[C@@]21C)[C@@]1(C)CCC(O)CC1CC3)C(C)C. The third kappa shape index (κ3) is 3.66. The van der Waals surface area contributed by atoms with Crippen LogP contribution in [-0.4, -0.2) is 23.9 Å². The Hall–Kier alpha value is -0.860. The first-order chi connectivity index (χ1) is 14.2. The van der Waals surface area contributed by atoms with Crippen LogP contribution in [0.25, 0.3) is 0 Å². The Morgan fingerprint density at radius 2 is 1.93 bits per heavy atom. The molecule has 1 saturated carbocycles. The average Bonchev–Trinajstić information content (AvgIpc) is 3.05. The molecule has 4 rings (SSSR count). The molecule has 4 aliphatic rings. The molecule has 0 radical (unpaired) electrons. The number of fused-ring (bicyclic) bond motifs is 4. The summed E-state index contributed by atoms with van der Waals surface area (Å²) in [5, 5.41) is 10.2. The van der Waals surface area contributed by atoms with Gasteiger partial charge in [-0.05, 0) is 105 Å². The lowest BCUT2D eigenvalue weighted by molar-refractivity contribution is -0.00176. The number of ether oxygens (including phenoxy) is 1. The van der Waals surface area contributed by atoms with Crippen LogP contribution in [0.3, 0.4) is 0 Å². The number of hydrogen-bond acceptors (Lipinski definition) is 2. The zero-order chi connectivity index (χ0) is 21.7. The molecule has 0 bridgehead atoms. The molecule has 6 atom stereocenters. The Kier molecular flexibility index (Phi) is 6.14. The van der Waals surface area contributed by atoms with E-state index in [-0.39, 0.29) is 11.5 Å². The van der Waals surface area contributed by atoms with Gasteiger partial charge in [-0.2, -0.15) is 0 Å². The summed E-state index contributed by atoms with van der Waals surface area (Å²) in [6.45, 7) is 14.8. The molecule has 0 aliphatic heterocycles. The van der Waals surface area contributed by atoms with Crippen LogP contribution in [0.5, 0.6) is 0 Å². The summed E-state index contributed by atoms with van der Waals surface area (Å²) >= 11 is 0. The largest absolute Gasteiger partial charge is 0.393 e. The molecule has 2 unspecified atom stereocenters. The summed E-state index contributed by atoms with van der Waals surface area (Å²) in [5.41, 5.74) is 7.17. The van der Waals surface area contributed by atoms with Crippen LogP contribution in [0.15, 0.2) is 34.4 Å². The van der Waals surface area contributed by atoms with Crippen molar-refractivity contribution in [2.24, 2.45) is 28.6 Å². The summed E-state index contributed by atoms with van der Waals surface area (Å²) in [6.07, 6.45) is 14.4. The zero-order valence-corrected chi connectivity index (χ0v) is 20.3. The van der Waals surface area contributed by atoms with E-state index in [1.54, 1.807) is 16.7 Å². The van der Waals surface area contributed by atoms with E-state index in [0.717, 1.165) is 25.9 Å². The van der Waals surface area contributed by atoms with E-state index < -0.39 is 0 Å². The lowest BCUT2D eigenvalue weighted by Crippen LogP contribution is -2.44. The van der Waals surface area contributed by atoms with Crippen LogP contribution in [0.4, 0.5) is 0 Å². The molecule has 0 amide bonds. The van der Waals surface area contributed by atoms with Crippen LogP contribution in [0, 0.1) is 28.6 Å². The fourth-order valence-electron chi connectivity index (χ4n) is 7.26. The Morgan fingerprint density at radius 3 is 2.67 bits per heavy atom. The van der Waals surface area contributed by atoms with Crippen molar-refractivity contribution in [2.75, 3.05) is 6.61 Å². The van der Waals surface area contributed by atoms with Gasteiger partial charge in [0, 0.05) is 0 Å². The first-order valence-electron chi connectivity index (χ1n) is 12.6. The summed E-state index contributed by atoms with van der Waals surface area (Å²) < 4.78 is 6.36. The fourth-order valence-corrected chi connectivity index (χ4v) is 7.26. The van der Waals surface area contributed by atoms with Gasteiger partial charge in [-0.15, -0.1) is 0 Å². The summed E-state index contributed by atoms with van der Waals surface area (Å²) in [7, 11) is 0. The first-order valence-corrected chi connectivity index (χ1v) is 12.6. The molecule has 168 valence electrons. The monoisotopic (exact) mass is 412 g/mol. The van der Waals surface area contributed by atoms with E-state index in [4.69, 9.17) is 4.74 Å². The smallest absolute Gasteiger partial charge is 0.0653 e. The molecule has 0 aromatic carbocycles. The van der Waals surface area contributed by atoms with Crippen LogP contribution >= 0.6 is 0 Å². The van der Waals surface area contributed by atoms with E-state index in [9.17, 15) is 5.11 Å². The van der Waals surface area contributed by atoms with E-state index in [0.29, 0.717) is 29.3 Å². The zero-order valence-electron chi connectivity index (χ0n) is 20.3. The van der Waals surface area contributed by atoms with Crippen molar-refractivity contribution < 1.29 is 9.84 Å². The number of aliphatic hydroxyl groups is 1. The highest BCUT2D eigenvalue weighted by Crippen LogP contribution is 2.63. The van der Waals surface area contributed by atoms with Crippen LogP contribution in [-0.2, 0) is 4.74 Å². The molecule has 1 N–H and O–H groups in total. The molecule has 0 aromatic rings. The Bertz CT molecular complexity index is 757. The minimum Gasteiger partial charge on any atom is -0.393 e. The summed E-state index contributed by atoms with van der Waals surface area (Å²) in [6, 6.07) is 0. The van der Waals surface area contributed by atoms with Crippen molar-refractivity contribution in [3.63, 3.8) is 0 Å². The Balaban J connectivity index is 1.51. The molecular weight excluding hydrogens is 368 g/mol. The molecule has 30 heavy (non-hydrogen) atoms. The predicted molar refractivity (Wildman–Crippen MR) is 125 cm³/mol. The maximum absolute atomic E-state index is 10.2. The number of aliphatic hydroxyl groups excluding tert-OH is 1. The minimum absolute atomic E-state index is 0.0689. The Labute approximate surface area is 184 Å². The predicted octanol–water partition coefficient (Wildman–Crippen LogP) is 7.00. The molecule has 0 aromatic heterocycles. The molecule has 0 heterocycles.